The average Bonchev–Trinajstić information content (AvgIpc) is 2.77. The minimum atomic E-state index is -0.147. The van der Waals surface area contributed by atoms with Gasteiger partial charge in [-0.2, -0.15) is 11.8 Å². The largest absolute Gasteiger partial charge is 0.465 e. The summed E-state index contributed by atoms with van der Waals surface area (Å²) in [4.78, 5) is 11.5. The lowest BCUT2D eigenvalue weighted by Crippen LogP contribution is -2.37. The third kappa shape index (κ3) is 4.74. The van der Waals surface area contributed by atoms with E-state index in [1.54, 1.807) is 0 Å². The Morgan fingerprint density at radius 1 is 1.50 bits per heavy atom. The van der Waals surface area contributed by atoms with Crippen molar-refractivity contribution >= 4 is 17.7 Å². The fourth-order valence-electron chi connectivity index (χ4n) is 2.04. The van der Waals surface area contributed by atoms with Crippen molar-refractivity contribution in [3.05, 3.63) is 0 Å². The Bertz CT molecular complexity index is 205. The van der Waals surface area contributed by atoms with Gasteiger partial charge in [0.15, 0.2) is 0 Å². The standard InChI is InChI=1S/C12H23NO2S/c1-3-15-12(14)11(13-2)9-16-8-10-6-4-5-7-10/h10-11,13H,3-9H2,1-2H3. The Kier molecular flexibility index (Phi) is 6.88. The van der Waals surface area contributed by atoms with Gasteiger partial charge in [-0.05, 0) is 38.5 Å². The summed E-state index contributed by atoms with van der Waals surface area (Å²) < 4.78 is 5.00. The summed E-state index contributed by atoms with van der Waals surface area (Å²) in [5, 5.41) is 3.02. The molecule has 1 aliphatic carbocycles. The van der Waals surface area contributed by atoms with E-state index in [1.807, 2.05) is 25.7 Å². The van der Waals surface area contributed by atoms with Gasteiger partial charge in [-0.1, -0.05) is 12.8 Å². The fourth-order valence-corrected chi connectivity index (χ4v) is 3.38. The maximum absolute atomic E-state index is 11.5. The van der Waals surface area contributed by atoms with E-state index >= 15 is 0 Å². The van der Waals surface area contributed by atoms with Gasteiger partial charge in [0.1, 0.15) is 6.04 Å². The molecule has 0 radical (unpaired) electrons. The number of thioether (sulfide) groups is 1. The number of carbonyl (C=O) groups is 1. The summed E-state index contributed by atoms with van der Waals surface area (Å²) in [6, 6.07) is -0.147. The Morgan fingerprint density at radius 3 is 2.75 bits per heavy atom. The molecular formula is C12H23NO2S. The summed E-state index contributed by atoms with van der Waals surface area (Å²) >= 11 is 1.87. The van der Waals surface area contributed by atoms with Crippen LogP contribution in [0.15, 0.2) is 0 Å². The van der Waals surface area contributed by atoms with E-state index < -0.39 is 0 Å². The van der Waals surface area contributed by atoms with Gasteiger partial charge in [-0.3, -0.25) is 4.79 Å². The number of hydrogen-bond donors (Lipinski definition) is 1. The van der Waals surface area contributed by atoms with E-state index in [9.17, 15) is 4.79 Å². The molecule has 1 N–H and O–H groups in total. The highest BCUT2D eigenvalue weighted by molar-refractivity contribution is 7.99. The maximum Gasteiger partial charge on any atom is 0.323 e. The zero-order chi connectivity index (χ0) is 11.8. The molecule has 3 nitrogen and oxygen atoms in total. The zero-order valence-electron chi connectivity index (χ0n) is 10.3. The second-order valence-electron chi connectivity index (χ2n) is 4.28. The normalized spacial score (nSPS) is 18.6. The minimum Gasteiger partial charge on any atom is -0.465 e. The van der Waals surface area contributed by atoms with Crippen molar-refractivity contribution in [2.45, 2.75) is 38.6 Å². The minimum absolute atomic E-state index is 0.121. The first-order valence-electron chi connectivity index (χ1n) is 6.19. The van der Waals surface area contributed by atoms with Crippen LogP contribution >= 0.6 is 11.8 Å². The molecule has 0 aromatic heterocycles. The summed E-state index contributed by atoms with van der Waals surface area (Å²) in [6.07, 6.45) is 5.52. The van der Waals surface area contributed by atoms with Crippen LogP contribution in [0.1, 0.15) is 32.6 Å². The van der Waals surface area contributed by atoms with Crippen LogP contribution in [0.3, 0.4) is 0 Å². The Hall–Kier alpha value is -0.220. The molecule has 0 saturated heterocycles. The first-order chi connectivity index (χ1) is 7.77. The van der Waals surface area contributed by atoms with Crippen molar-refractivity contribution in [1.29, 1.82) is 0 Å². The second kappa shape index (κ2) is 7.96. The van der Waals surface area contributed by atoms with E-state index in [-0.39, 0.29) is 12.0 Å². The van der Waals surface area contributed by atoms with Crippen molar-refractivity contribution in [1.82, 2.24) is 5.32 Å². The molecular weight excluding hydrogens is 222 g/mol. The smallest absolute Gasteiger partial charge is 0.323 e. The zero-order valence-corrected chi connectivity index (χ0v) is 11.1. The molecule has 1 fully saturated rings. The molecule has 0 amide bonds. The third-order valence-corrected chi connectivity index (χ3v) is 4.31. The molecule has 1 unspecified atom stereocenters. The van der Waals surface area contributed by atoms with E-state index in [1.165, 1.54) is 31.4 Å². The SMILES string of the molecule is CCOC(=O)C(CSCC1CCCC1)NC. The Morgan fingerprint density at radius 2 is 2.19 bits per heavy atom. The molecule has 0 aromatic carbocycles. The molecule has 0 heterocycles. The number of likely N-dealkylation sites (N-methyl/N-ethyl adjacent to an activating group) is 1. The van der Waals surface area contributed by atoms with Gasteiger partial charge in [0.2, 0.25) is 0 Å². The van der Waals surface area contributed by atoms with E-state index in [4.69, 9.17) is 4.74 Å². The number of hydrogen-bond acceptors (Lipinski definition) is 4. The van der Waals surface area contributed by atoms with Crippen molar-refractivity contribution in [3.63, 3.8) is 0 Å². The monoisotopic (exact) mass is 245 g/mol. The fraction of sp³-hybridized carbons (Fsp3) is 0.917. The summed E-state index contributed by atoms with van der Waals surface area (Å²) in [6.45, 7) is 2.31. The molecule has 0 aromatic rings. The lowest BCUT2D eigenvalue weighted by molar-refractivity contribution is -0.144. The van der Waals surface area contributed by atoms with Gasteiger partial charge in [-0.25, -0.2) is 0 Å². The quantitative estimate of drug-likeness (QED) is 0.697. The van der Waals surface area contributed by atoms with Crippen molar-refractivity contribution in [3.8, 4) is 0 Å². The molecule has 1 saturated carbocycles. The highest BCUT2D eigenvalue weighted by atomic mass is 32.2. The second-order valence-corrected chi connectivity index (χ2v) is 5.36. The Labute approximate surface area is 103 Å². The van der Waals surface area contributed by atoms with Crippen LogP contribution in [0.4, 0.5) is 0 Å². The van der Waals surface area contributed by atoms with Crippen molar-refractivity contribution in [2.24, 2.45) is 5.92 Å². The predicted octanol–water partition coefficient (Wildman–Crippen LogP) is 2.06. The summed E-state index contributed by atoms with van der Waals surface area (Å²) in [7, 11) is 1.82. The van der Waals surface area contributed by atoms with Crippen LogP contribution in [0.5, 0.6) is 0 Å². The van der Waals surface area contributed by atoms with E-state index in [0.29, 0.717) is 6.61 Å². The molecule has 1 aliphatic rings. The molecule has 0 spiro atoms. The van der Waals surface area contributed by atoms with Gasteiger partial charge in [0, 0.05) is 5.75 Å². The van der Waals surface area contributed by atoms with Crippen LogP contribution in [0, 0.1) is 5.92 Å². The maximum atomic E-state index is 11.5. The predicted molar refractivity (Wildman–Crippen MR) is 68.8 cm³/mol. The molecule has 16 heavy (non-hydrogen) atoms. The number of ether oxygens (including phenoxy) is 1. The van der Waals surface area contributed by atoms with E-state index in [2.05, 4.69) is 5.32 Å². The molecule has 0 aliphatic heterocycles. The van der Waals surface area contributed by atoms with Crippen LogP contribution in [0.2, 0.25) is 0 Å². The van der Waals surface area contributed by atoms with Gasteiger partial charge in [-0.15, -0.1) is 0 Å². The van der Waals surface area contributed by atoms with E-state index in [0.717, 1.165) is 11.7 Å². The number of rotatable bonds is 7. The molecule has 94 valence electrons. The highest BCUT2D eigenvalue weighted by Crippen LogP contribution is 2.27. The topological polar surface area (TPSA) is 38.3 Å². The van der Waals surface area contributed by atoms with Gasteiger partial charge in [0.05, 0.1) is 6.61 Å². The van der Waals surface area contributed by atoms with Crippen molar-refractivity contribution < 1.29 is 9.53 Å². The number of nitrogens with one attached hydrogen (secondary N) is 1. The Balaban J connectivity index is 2.14. The van der Waals surface area contributed by atoms with Crippen LogP contribution in [0.25, 0.3) is 0 Å². The molecule has 4 heteroatoms. The first-order valence-corrected chi connectivity index (χ1v) is 7.35. The third-order valence-electron chi connectivity index (χ3n) is 3.03. The molecule has 1 atom stereocenters. The van der Waals surface area contributed by atoms with Crippen LogP contribution < -0.4 is 5.32 Å². The lowest BCUT2D eigenvalue weighted by atomic mass is 10.1. The van der Waals surface area contributed by atoms with Gasteiger partial charge < -0.3 is 10.1 Å². The molecule has 0 bridgehead atoms. The van der Waals surface area contributed by atoms with Gasteiger partial charge in [0.25, 0.3) is 0 Å². The number of carbonyl (C=O) groups excluding carboxylic acids is 1. The highest BCUT2D eigenvalue weighted by Gasteiger charge is 2.19. The van der Waals surface area contributed by atoms with Gasteiger partial charge >= 0.3 is 5.97 Å². The van der Waals surface area contributed by atoms with Crippen LogP contribution in [-0.2, 0) is 9.53 Å². The first kappa shape index (κ1) is 13.8. The van der Waals surface area contributed by atoms with Crippen molar-refractivity contribution in [2.75, 3.05) is 25.2 Å². The summed E-state index contributed by atoms with van der Waals surface area (Å²) in [5.74, 6) is 2.78. The van der Waals surface area contributed by atoms with Crippen LogP contribution in [-0.4, -0.2) is 37.2 Å². The number of esters is 1. The average molecular weight is 245 g/mol. The summed E-state index contributed by atoms with van der Waals surface area (Å²) in [5.41, 5.74) is 0. The lowest BCUT2D eigenvalue weighted by Gasteiger charge is -2.15. The molecule has 1 rings (SSSR count).